The van der Waals surface area contributed by atoms with Gasteiger partial charge in [-0.25, -0.2) is 8.42 Å². The molecule has 0 fully saturated rings. The van der Waals surface area contributed by atoms with Gasteiger partial charge in [0.2, 0.25) is 10.0 Å². The summed E-state index contributed by atoms with van der Waals surface area (Å²) in [5, 5.41) is -0.828. The molecule has 0 amide bonds. The lowest BCUT2D eigenvalue weighted by atomic mass is 10.00. The summed E-state index contributed by atoms with van der Waals surface area (Å²) in [6.45, 7) is 1.61. The van der Waals surface area contributed by atoms with E-state index in [1.165, 1.54) is 18.5 Å². The van der Waals surface area contributed by atoms with E-state index in [0.29, 0.717) is 28.3 Å². The first kappa shape index (κ1) is 19.7. The van der Waals surface area contributed by atoms with Gasteiger partial charge in [-0.05, 0) is 42.8 Å². The predicted octanol–water partition coefficient (Wildman–Crippen LogP) is 3.78. The fraction of sp³-hybridized carbons (Fsp3) is 0.190. The number of hydrogen-bond acceptors (Lipinski definition) is 4. The Hall–Kier alpha value is -3.06. The summed E-state index contributed by atoms with van der Waals surface area (Å²) in [4.78, 5) is 15.8. The quantitative estimate of drug-likeness (QED) is 0.614. The molecule has 0 radical (unpaired) electrons. The van der Waals surface area contributed by atoms with E-state index >= 15 is 0 Å². The van der Waals surface area contributed by atoms with E-state index in [9.17, 15) is 13.2 Å². The molecule has 0 saturated heterocycles. The molecular formula is C21H22N2O4S. The molecule has 1 atom stereocenters. The van der Waals surface area contributed by atoms with Gasteiger partial charge in [0.05, 0.1) is 12.7 Å². The maximum atomic E-state index is 13.0. The zero-order valence-electron chi connectivity index (χ0n) is 15.9. The Labute approximate surface area is 164 Å². The van der Waals surface area contributed by atoms with Crippen LogP contribution in [0.4, 0.5) is 5.82 Å². The molecule has 1 unspecified atom stereocenters. The van der Waals surface area contributed by atoms with Crippen molar-refractivity contribution in [1.82, 2.24) is 4.98 Å². The number of methoxy groups -OCH3 is 1. The van der Waals surface area contributed by atoms with Gasteiger partial charge in [-0.2, -0.15) is 0 Å². The van der Waals surface area contributed by atoms with Crippen LogP contribution in [0.15, 0.2) is 66.9 Å². The van der Waals surface area contributed by atoms with E-state index in [0.717, 1.165) is 0 Å². The largest absolute Gasteiger partial charge is 0.496 e. The minimum atomic E-state index is -3.67. The van der Waals surface area contributed by atoms with Crippen LogP contribution in [0.5, 0.6) is 5.75 Å². The number of hydrogen-bond donors (Lipinski definition) is 1. The van der Waals surface area contributed by atoms with Gasteiger partial charge in [0.1, 0.15) is 16.8 Å². The standard InChI is InChI=1S/C21H22N2O4S/c1-15(28(25,26)23(2)20-12-7-13-22-20)16-8-6-9-17(14-16)21(24)18-10-4-5-11-19(18)27-3/h4-15,22H,1-3H3. The second-order valence-electron chi connectivity index (χ2n) is 6.36. The molecule has 0 aliphatic rings. The summed E-state index contributed by atoms with van der Waals surface area (Å²) in [5.74, 6) is 0.736. The molecule has 7 heteroatoms. The Kier molecular flexibility index (Phi) is 5.56. The molecule has 0 aliphatic carbocycles. The molecule has 3 aromatic rings. The number of ketones is 1. The van der Waals surface area contributed by atoms with E-state index in [-0.39, 0.29) is 5.78 Å². The number of anilines is 1. The summed E-state index contributed by atoms with van der Waals surface area (Å²) in [6, 6.07) is 17.1. The summed E-state index contributed by atoms with van der Waals surface area (Å²) >= 11 is 0. The predicted molar refractivity (Wildman–Crippen MR) is 109 cm³/mol. The molecule has 0 saturated carbocycles. The summed E-state index contributed by atoms with van der Waals surface area (Å²) in [5.41, 5.74) is 1.38. The Morgan fingerprint density at radius 2 is 1.82 bits per heavy atom. The maximum absolute atomic E-state index is 13.0. The van der Waals surface area contributed by atoms with E-state index in [2.05, 4.69) is 4.98 Å². The van der Waals surface area contributed by atoms with Crippen LogP contribution in [-0.4, -0.2) is 33.3 Å². The van der Waals surface area contributed by atoms with Gasteiger partial charge >= 0.3 is 0 Å². The van der Waals surface area contributed by atoms with Crippen molar-refractivity contribution < 1.29 is 17.9 Å². The number of nitrogens with one attached hydrogen (secondary N) is 1. The van der Waals surface area contributed by atoms with E-state index < -0.39 is 15.3 Å². The van der Waals surface area contributed by atoms with Crippen LogP contribution in [0, 0.1) is 0 Å². The number of aromatic amines is 1. The first-order valence-electron chi connectivity index (χ1n) is 8.75. The smallest absolute Gasteiger partial charge is 0.242 e. The van der Waals surface area contributed by atoms with Crippen molar-refractivity contribution >= 4 is 21.6 Å². The SMILES string of the molecule is COc1ccccc1C(=O)c1cccc(C(C)S(=O)(=O)N(C)c2ccc[nH]2)c1. The highest BCUT2D eigenvalue weighted by Crippen LogP contribution is 2.29. The molecule has 6 nitrogen and oxygen atoms in total. The van der Waals surface area contributed by atoms with E-state index in [4.69, 9.17) is 4.74 Å². The Morgan fingerprint density at radius 1 is 1.07 bits per heavy atom. The number of rotatable bonds is 7. The highest BCUT2D eigenvalue weighted by atomic mass is 32.2. The van der Waals surface area contributed by atoms with Gasteiger partial charge < -0.3 is 9.72 Å². The molecule has 146 valence electrons. The van der Waals surface area contributed by atoms with Crippen LogP contribution in [0.25, 0.3) is 0 Å². The monoisotopic (exact) mass is 398 g/mol. The summed E-state index contributed by atoms with van der Waals surface area (Å²) in [6.07, 6.45) is 1.67. The van der Waals surface area contributed by atoms with Crippen LogP contribution in [0.3, 0.4) is 0 Å². The third kappa shape index (κ3) is 3.66. The van der Waals surface area contributed by atoms with Gasteiger partial charge in [0, 0.05) is 18.8 Å². The second kappa shape index (κ2) is 7.90. The lowest BCUT2D eigenvalue weighted by molar-refractivity contribution is 0.103. The molecule has 3 rings (SSSR count). The van der Waals surface area contributed by atoms with Crippen LogP contribution in [0.1, 0.15) is 33.7 Å². The van der Waals surface area contributed by atoms with Gasteiger partial charge in [0.25, 0.3) is 0 Å². The number of para-hydroxylation sites is 1. The molecule has 0 aliphatic heterocycles. The molecule has 0 bridgehead atoms. The third-order valence-electron chi connectivity index (χ3n) is 4.72. The molecule has 28 heavy (non-hydrogen) atoms. The van der Waals surface area contributed by atoms with Crippen molar-refractivity contribution in [3.8, 4) is 5.75 Å². The molecular weight excluding hydrogens is 376 g/mol. The second-order valence-corrected chi connectivity index (χ2v) is 8.65. The van der Waals surface area contributed by atoms with Crippen LogP contribution < -0.4 is 9.04 Å². The number of H-pyrrole nitrogens is 1. The van der Waals surface area contributed by atoms with Crippen molar-refractivity contribution in [2.45, 2.75) is 12.2 Å². The third-order valence-corrected chi connectivity index (χ3v) is 6.85. The van der Waals surface area contributed by atoms with Crippen LogP contribution in [0.2, 0.25) is 0 Å². The zero-order chi connectivity index (χ0) is 20.3. The fourth-order valence-electron chi connectivity index (χ4n) is 2.98. The molecule has 1 aromatic heterocycles. The maximum Gasteiger partial charge on any atom is 0.242 e. The van der Waals surface area contributed by atoms with Crippen molar-refractivity contribution in [2.75, 3.05) is 18.5 Å². The highest BCUT2D eigenvalue weighted by molar-refractivity contribution is 7.93. The van der Waals surface area contributed by atoms with Gasteiger partial charge in [-0.3, -0.25) is 9.10 Å². The Balaban J connectivity index is 1.93. The first-order valence-corrected chi connectivity index (χ1v) is 10.3. The number of nitrogens with zero attached hydrogens (tertiary/aromatic N) is 1. The molecule has 2 aromatic carbocycles. The van der Waals surface area contributed by atoms with E-state index in [1.54, 1.807) is 73.8 Å². The molecule has 1 N–H and O–H groups in total. The average molecular weight is 398 g/mol. The normalized spacial score (nSPS) is 12.4. The van der Waals surface area contributed by atoms with Crippen LogP contribution in [-0.2, 0) is 10.0 Å². The zero-order valence-corrected chi connectivity index (χ0v) is 16.7. The van der Waals surface area contributed by atoms with E-state index in [1.807, 2.05) is 0 Å². The van der Waals surface area contributed by atoms with Crippen molar-refractivity contribution in [1.29, 1.82) is 0 Å². The fourth-order valence-corrected chi connectivity index (χ4v) is 4.34. The number of carbonyl (C=O) groups excluding carboxylic acids is 1. The topological polar surface area (TPSA) is 79.5 Å². The van der Waals surface area contributed by atoms with Crippen molar-refractivity contribution in [3.63, 3.8) is 0 Å². The van der Waals surface area contributed by atoms with Crippen molar-refractivity contribution in [3.05, 3.63) is 83.6 Å². The summed E-state index contributed by atoms with van der Waals surface area (Å²) < 4.78 is 32.4. The number of sulfonamides is 1. The molecule has 1 heterocycles. The van der Waals surface area contributed by atoms with Gasteiger partial charge in [-0.15, -0.1) is 0 Å². The number of carbonyl (C=O) groups is 1. The molecule has 0 spiro atoms. The minimum absolute atomic E-state index is 0.221. The number of ether oxygens (including phenoxy) is 1. The highest BCUT2D eigenvalue weighted by Gasteiger charge is 2.29. The average Bonchev–Trinajstić information content (AvgIpc) is 3.26. The first-order chi connectivity index (χ1) is 13.4. The number of aromatic nitrogens is 1. The summed E-state index contributed by atoms with van der Waals surface area (Å²) in [7, 11) is -0.660. The van der Waals surface area contributed by atoms with Gasteiger partial charge in [0.15, 0.2) is 5.78 Å². The lowest BCUT2D eigenvalue weighted by Crippen LogP contribution is -2.30. The Bertz CT molecular complexity index is 1080. The van der Waals surface area contributed by atoms with Crippen molar-refractivity contribution in [2.24, 2.45) is 0 Å². The van der Waals surface area contributed by atoms with Gasteiger partial charge in [-0.1, -0.05) is 30.3 Å². The Morgan fingerprint density at radius 3 is 2.50 bits per heavy atom. The lowest BCUT2D eigenvalue weighted by Gasteiger charge is -2.23. The minimum Gasteiger partial charge on any atom is -0.496 e. The van der Waals surface area contributed by atoms with Crippen LogP contribution >= 0.6 is 0 Å². The number of benzene rings is 2.